The fraction of sp³-hybridized carbons (Fsp3) is 0.750. The van der Waals surface area contributed by atoms with Crippen LogP contribution in [0, 0.1) is 12.8 Å². The molecule has 10 heavy (non-hydrogen) atoms. The van der Waals surface area contributed by atoms with E-state index in [-0.39, 0.29) is 0 Å². The van der Waals surface area contributed by atoms with Crippen molar-refractivity contribution in [1.82, 2.24) is 5.32 Å². The van der Waals surface area contributed by atoms with Crippen molar-refractivity contribution in [3.8, 4) is 0 Å². The normalized spacial score (nSPS) is 25.1. The first-order valence-corrected chi connectivity index (χ1v) is 3.87. The quantitative estimate of drug-likeness (QED) is 0.627. The summed E-state index contributed by atoms with van der Waals surface area (Å²) < 4.78 is 0. The van der Waals surface area contributed by atoms with Gasteiger partial charge in [-0.25, -0.2) is 0 Å². The summed E-state index contributed by atoms with van der Waals surface area (Å²) in [5, 5.41) is 3.17. The SMILES string of the molecule is [CH2]CCC(=O)C1CCNC1. The third-order valence-electron chi connectivity index (χ3n) is 1.94. The standard InChI is InChI=1S/C8H14NO/c1-2-3-8(10)7-4-5-9-6-7/h7,9H,1-6H2. The summed E-state index contributed by atoms with van der Waals surface area (Å²) in [4.78, 5) is 11.2. The van der Waals surface area contributed by atoms with Crippen molar-refractivity contribution in [2.24, 2.45) is 5.92 Å². The zero-order valence-electron chi connectivity index (χ0n) is 6.23. The van der Waals surface area contributed by atoms with Crippen LogP contribution in [-0.2, 0) is 4.79 Å². The molecule has 0 saturated carbocycles. The van der Waals surface area contributed by atoms with Crippen LogP contribution in [0.1, 0.15) is 19.3 Å². The lowest BCUT2D eigenvalue weighted by molar-refractivity contribution is -0.122. The first-order valence-electron chi connectivity index (χ1n) is 3.87. The molecule has 0 aromatic heterocycles. The summed E-state index contributed by atoms with van der Waals surface area (Å²) in [6, 6.07) is 0. The topological polar surface area (TPSA) is 29.1 Å². The molecule has 0 aromatic carbocycles. The number of nitrogens with one attached hydrogen (secondary N) is 1. The van der Waals surface area contributed by atoms with Gasteiger partial charge in [-0.05, 0) is 19.4 Å². The smallest absolute Gasteiger partial charge is 0.137 e. The van der Waals surface area contributed by atoms with Crippen LogP contribution in [0.3, 0.4) is 0 Å². The predicted molar refractivity (Wildman–Crippen MR) is 40.6 cm³/mol. The number of carbonyl (C=O) groups is 1. The Labute approximate surface area is 62.0 Å². The Morgan fingerprint density at radius 1 is 1.70 bits per heavy atom. The molecule has 0 aromatic rings. The van der Waals surface area contributed by atoms with Gasteiger partial charge in [0.1, 0.15) is 5.78 Å². The molecule has 1 unspecified atom stereocenters. The number of carbonyl (C=O) groups excluding carboxylic acids is 1. The van der Waals surface area contributed by atoms with Crippen LogP contribution in [0.5, 0.6) is 0 Å². The molecule has 1 radical (unpaired) electrons. The molecule has 1 atom stereocenters. The third kappa shape index (κ3) is 1.81. The minimum atomic E-state index is 0.293. The second kappa shape index (κ2) is 3.71. The highest BCUT2D eigenvalue weighted by Gasteiger charge is 2.20. The van der Waals surface area contributed by atoms with Crippen molar-refractivity contribution in [3.05, 3.63) is 6.92 Å². The molecule has 2 heteroatoms. The van der Waals surface area contributed by atoms with E-state index >= 15 is 0 Å². The Morgan fingerprint density at radius 2 is 2.50 bits per heavy atom. The van der Waals surface area contributed by atoms with E-state index in [9.17, 15) is 4.79 Å². The van der Waals surface area contributed by atoms with Crippen molar-refractivity contribution in [2.75, 3.05) is 13.1 Å². The molecule has 0 spiro atoms. The predicted octanol–water partition coefficient (Wildman–Crippen LogP) is 0.779. The molecule has 0 aliphatic carbocycles. The second-order valence-electron chi connectivity index (χ2n) is 2.76. The molecule has 0 amide bonds. The molecule has 1 heterocycles. The van der Waals surface area contributed by atoms with Gasteiger partial charge in [0, 0.05) is 18.9 Å². The summed E-state index contributed by atoms with van der Waals surface area (Å²) in [5.41, 5.74) is 0. The highest BCUT2D eigenvalue weighted by Crippen LogP contribution is 2.11. The van der Waals surface area contributed by atoms with Gasteiger partial charge in [0.15, 0.2) is 0 Å². The van der Waals surface area contributed by atoms with Crippen LogP contribution in [0.2, 0.25) is 0 Å². The maximum atomic E-state index is 11.2. The van der Waals surface area contributed by atoms with Crippen LogP contribution in [0.15, 0.2) is 0 Å². The van der Waals surface area contributed by atoms with E-state index in [4.69, 9.17) is 0 Å². The maximum absolute atomic E-state index is 11.2. The highest BCUT2D eigenvalue weighted by molar-refractivity contribution is 5.81. The van der Waals surface area contributed by atoms with Crippen LogP contribution in [0.25, 0.3) is 0 Å². The van der Waals surface area contributed by atoms with E-state index in [1.165, 1.54) is 0 Å². The van der Waals surface area contributed by atoms with Gasteiger partial charge in [-0.3, -0.25) is 4.79 Å². The Balaban J connectivity index is 2.25. The lowest BCUT2D eigenvalue weighted by atomic mass is 10.0. The van der Waals surface area contributed by atoms with Gasteiger partial charge in [0.05, 0.1) is 0 Å². The van der Waals surface area contributed by atoms with Crippen molar-refractivity contribution >= 4 is 5.78 Å². The first kappa shape index (κ1) is 7.73. The van der Waals surface area contributed by atoms with Gasteiger partial charge in [-0.15, -0.1) is 0 Å². The van der Waals surface area contributed by atoms with E-state index in [1.807, 2.05) is 0 Å². The van der Waals surface area contributed by atoms with Gasteiger partial charge in [0.25, 0.3) is 0 Å². The van der Waals surface area contributed by atoms with E-state index in [1.54, 1.807) is 0 Å². The highest BCUT2D eigenvalue weighted by atomic mass is 16.1. The number of ketones is 1. The minimum absolute atomic E-state index is 0.293. The Bertz CT molecular complexity index is 116. The Hall–Kier alpha value is -0.370. The summed E-state index contributed by atoms with van der Waals surface area (Å²) >= 11 is 0. The summed E-state index contributed by atoms with van der Waals surface area (Å²) in [5.74, 6) is 0.682. The molecule has 0 bridgehead atoms. The molecule has 57 valence electrons. The molecule has 1 aliphatic heterocycles. The number of rotatable bonds is 3. The average Bonchev–Trinajstić information content (AvgIpc) is 2.38. The van der Waals surface area contributed by atoms with Crippen LogP contribution in [0.4, 0.5) is 0 Å². The van der Waals surface area contributed by atoms with Gasteiger partial charge in [-0.2, -0.15) is 0 Å². The fourth-order valence-corrected chi connectivity index (χ4v) is 1.31. The maximum Gasteiger partial charge on any atom is 0.137 e. The summed E-state index contributed by atoms with van der Waals surface area (Å²) in [6.07, 6.45) is 2.43. The molecular formula is C8H14NO. The van der Waals surface area contributed by atoms with Gasteiger partial charge >= 0.3 is 0 Å². The van der Waals surface area contributed by atoms with E-state index in [2.05, 4.69) is 12.2 Å². The second-order valence-corrected chi connectivity index (χ2v) is 2.76. The average molecular weight is 140 g/mol. The summed E-state index contributed by atoms with van der Waals surface area (Å²) in [7, 11) is 0. The van der Waals surface area contributed by atoms with Crippen LogP contribution in [-0.4, -0.2) is 18.9 Å². The van der Waals surface area contributed by atoms with Gasteiger partial charge < -0.3 is 5.32 Å². The van der Waals surface area contributed by atoms with Crippen LogP contribution >= 0.6 is 0 Å². The zero-order valence-corrected chi connectivity index (χ0v) is 6.23. The molecule has 1 saturated heterocycles. The third-order valence-corrected chi connectivity index (χ3v) is 1.94. The Kier molecular flexibility index (Phi) is 2.87. The minimum Gasteiger partial charge on any atom is -0.316 e. The van der Waals surface area contributed by atoms with Gasteiger partial charge in [0.2, 0.25) is 0 Å². The number of hydrogen-bond donors (Lipinski definition) is 1. The molecule has 1 fully saturated rings. The van der Waals surface area contributed by atoms with Gasteiger partial charge in [-0.1, -0.05) is 6.92 Å². The molecule has 1 N–H and O–H groups in total. The molecule has 1 rings (SSSR count). The lowest BCUT2D eigenvalue weighted by Gasteiger charge is -2.03. The van der Waals surface area contributed by atoms with Crippen molar-refractivity contribution in [1.29, 1.82) is 0 Å². The zero-order chi connectivity index (χ0) is 7.40. The number of hydrogen-bond acceptors (Lipinski definition) is 2. The number of Topliss-reactive ketones (excluding diaryl/α,β-unsaturated/α-hetero) is 1. The Morgan fingerprint density at radius 3 is 3.00 bits per heavy atom. The van der Waals surface area contributed by atoms with E-state index in [0.29, 0.717) is 18.1 Å². The van der Waals surface area contributed by atoms with Crippen molar-refractivity contribution in [2.45, 2.75) is 19.3 Å². The van der Waals surface area contributed by atoms with Crippen molar-refractivity contribution in [3.63, 3.8) is 0 Å². The van der Waals surface area contributed by atoms with Crippen LogP contribution < -0.4 is 5.32 Å². The lowest BCUT2D eigenvalue weighted by Crippen LogP contribution is -2.17. The molecular weight excluding hydrogens is 126 g/mol. The molecule has 2 nitrogen and oxygen atoms in total. The summed E-state index contributed by atoms with van der Waals surface area (Å²) in [6.45, 7) is 5.55. The first-order chi connectivity index (χ1) is 4.84. The molecule has 1 aliphatic rings. The van der Waals surface area contributed by atoms with E-state index in [0.717, 1.165) is 25.9 Å². The van der Waals surface area contributed by atoms with Crippen molar-refractivity contribution < 1.29 is 4.79 Å². The van der Waals surface area contributed by atoms with E-state index < -0.39 is 0 Å². The monoisotopic (exact) mass is 140 g/mol. The fourth-order valence-electron chi connectivity index (χ4n) is 1.31. The largest absolute Gasteiger partial charge is 0.316 e.